The number of rotatable bonds is 2. The van der Waals surface area contributed by atoms with E-state index in [1.165, 1.54) is 0 Å². The molecule has 0 aromatic carbocycles. The molecule has 0 saturated carbocycles. The average Bonchev–Trinajstić information content (AvgIpc) is 2.89. The van der Waals surface area contributed by atoms with Gasteiger partial charge in [-0.3, -0.25) is 4.90 Å². The zero-order chi connectivity index (χ0) is 12.4. The van der Waals surface area contributed by atoms with Gasteiger partial charge in [0.2, 0.25) is 0 Å². The Bertz CT molecular complexity index is 372. The summed E-state index contributed by atoms with van der Waals surface area (Å²) in [4.78, 5) is 9.56. The van der Waals surface area contributed by atoms with Gasteiger partial charge >= 0.3 is 0 Å². The van der Waals surface area contributed by atoms with Gasteiger partial charge < -0.3 is 14.8 Å². The lowest BCUT2D eigenvalue weighted by Crippen LogP contribution is -2.55. The normalized spacial score (nSPS) is 28.6. The van der Waals surface area contributed by atoms with Gasteiger partial charge in [-0.05, 0) is 25.7 Å². The Kier molecular flexibility index (Phi) is 3.37. The van der Waals surface area contributed by atoms with Crippen molar-refractivity contribution in [2.75, 3.05) is 19.7 Å². The van der Waals surface area contributed by atoms with Crippen LogP contribution in [0.25, 0.3) is 0 Å². The van der Waals surface area contributed by atoms with Crippen molar-refractivity contribution in [3.8, 4) is 0 Å². The molecule has 100 valence electrons. The SMILES string of the molecule is OC1CCCOC12CCN(Cc1cnc[nH]1)CC2. The van der Waals surface area contributed by atoms with Gasteiger partial charge in [0.05, 0.1) is 18.0 Å². The van der Waals surface area contributed by atoms with E-state index in [9.17, 15) is 5.11 Å². The first-order chi connectivity index (χ1) is 8.78. The van der Waals surface area contributed by atoms with E-state index >= 15 is 0 Å². The number of nitrogens with one attached hydrogen (secondary N) is 1. The van der Waals surface area contributed by atoms with E-state index in [4.69, 9.17) is 4.74 Å². The molecule has 3 heterocycles. The number of aliphatic hydroxyl groups is 1. The summed E-state index contributed by atoms with van der Waals surface area (Å²) >= 11 is 0. The molecule has 5 heteroatoms. The molecule has 2 aliphatic heterocycles. The Labute approximate surface area is 107 Å². The Morgan fingerprint density at radius 1 is 1.50 bits per heavy atom. The molecule has 3 rings (SSSR count). The molecular weight excluding hydrogens is 230 g/mol. The number of ether oxygens (including phenoxy) is 1. The molecule has 0 aliphatic carbocycles. The monoisotopic (exact) mass is 251 g/mol. The first kappa shape index (κ1) is 12.1. The largest absolute Gasteiger partial charge is 0.390 e. The molecule has 1 aromatic heterocycles. The topological polar surface area (TPSA) is 61.4 Å². The van der Waals surface area contributed by atoms with Crippen molar-refractivity contribution in [2.24, 2.45) is 0 Å². The Morgan fingerprint density at radius 3 is 3.00 bits per heavy atom. The third-order valence-corrected chi connectivity index (χ3v) is 4.27. The predicted molar refractivity (Wildman–Crippen MR) is 67.0 cm³/mol. The van der Waals surface area contributed by atoms with Crippen molar-refractivity contribution < 1.29 is 9.84 Å². The van der Waals surface area contributed by atoms with Crippen molar-refractivity contribution in [3.63, 3.8) is 0 Å². The fourth-order valence-electron chi connectivity index (χ4n) is 3.09. The number of aliphatic hydroxyl groups excluding tert-OH is 1. The van der Waals surface area contributed by atoms with Crippen LogP contribution in [0.5, 0.6) is 0 Å². The quantitative estimate of drug-likeness (QED) is 0.820. The van der Waals surface area contributed by atoms with Gasteiger partial charge in [-0.25, -0.2) is 4.98 Å². The Hall–Kier alpha value is -0.910. The van der Waals surface area contributed by atoms with Crippen LogP contribution < -0.4 is 0 Å². The molecule has 2 saturated heterocycles. The first-order valence-corrected chi connectivity index (χ1v) is 6.80. The fourth-order valence-corrected chi connectivity index (χ4v) is 3.09. The minimum atomic E-state index is -0.277. The van der Waals surface area contributed by atoms with Gasteiger partial charge in [-0.15, -0.1) is 0 Å². The molecule has 1 aromatic rings. The highest BCUT2D eigenvalue weighted by atomic mass is 16.5. The van der Waals surface area contributed by atoms with Crippen LogP contribution in [0.2, 0.25) is 0 Å². The van der Waals surface area contributed by atoms with E-state index < -0.39 is 0 Å². The molecule has 0 amide bonds. The number of hydrogen-bond acceptors (Lipinski definition) is 4. The maximum absolute atomic E-state index is 10.2. The van der Waals surface area contributed by atoms with Crippen LogP contribution in [-0.2, 0) is 11.3 Å². The molecule has 0 radical (unpaired) electrons. The summed E-state index contributed by atoms with van der Waals surface area (Å²) < 4.78 is 5.91. The van der Waals surface area contributed by atoms with Crippen molar-refractivity contribution in [1.82, 2.24) is 14.9 Å². The van der Waals surface area contributed by atoms with E-state index in [1.807, 2.05) is 6.20 Å². The minimum Gasteiger partial charge on any atom is -0.390 e. The molecule has 5 nitrogen and oxygen atoms in total. The second-order valence-electron chi connectivity index (χ2n) is 5.42. The summed E-state index contributed by atoms with van der Waals surface area (Å²) in [6, 6.07) is 0. The zero-order valence-corrected chi connectivity index (χ0v) is 10.6. The zero-order valence-electron chi connectivity index (χ0n) is 10.6. The molecule has 2 N–H and O–H groups in total. The molecule has 1 atom stereocenters. The highest BCUT2D eigenvalue weighted by molar-refractivity contribution is 4.99. The standard InChI is InChI=1S/C13H21N3O2/c17-12-2-1-7-18-13(12)3-5-16(6-4-13)9-11-8-14-10-15-11/h8,10,12,17H,1-7,9H2,(H,14,15). The summed E-state index contributed by atoms with van der Waals surface area (Å²) in [5.74, 6) is 0. The molecule has 2 aliphatic rings. The predicted octanol–water partition coefficient (Wildman–Crippen LogP) is 0.916. The third kappa shape index (κ3) is 2.30. The van der Waals surface area contributed by atoms with Gasteiger partial charge in [-0.2, -0.15) is 0 Å². The van der Waals surface area contributed by atoms with Gasteiger partial charge in [0.1, 0.15) is 0 Å². The average molecular weight is 251 g/mol. The second kappa shape index (κ2) is 4.99. The van der Waals surface area contributed by atoms with Gasteiger partial charge in [0.25, 0.3) is 0 Å². The highest BCUT2D eigenvalue weighted by Crippen LogP contribution is 2.35. The smallest absolute Gasteiger partial charge is 0.0964 e. The molecule has 0 bridgehead atoms. The second-order valence-corrected chi connectivity index (χ2v) is 5.42. The van der Waals surface area contributed by atoms with E-state index in [2.05, 4.69) is 14.9 Å². The first-order valence-electron chi connectivity index (χ1n) is 6.80. The maximum atomic E-state index is 10.2. The van der Waals surface area contributed by atoms with Crippen molar-refractivity contribution in [1.29, 1.82) is 0 Å². The molecule has 18 heavy (non-hydrogen) atoms. The lowest BCUT2D eigenvalue weighted by molar-refractivity contribution is -0.177. The minimum absolute atomic E-state index is 0.261. The number of H-pyrrole nitrogens is 1. The number of piperidine rings is 1. The number of imidazole rings is 1. The molecule has 1 spiro atoms. The number of nitrogens with zero attached hydrogens (tertiary/aromatic N) is 2. The third-order valence-electron chi connectivity index (χ3n) is 4.27. The van der Waals surface area contributed by atoms with E-state index in [0.29, 0.717) is 0 Å². The number of aromatic nitrogens is 2. The summed E-state index contributed by atoms with van der Waals surface area (Å²) in [6.07, 6.45) is 7.05. The van der Waals surface area contributed by atoms with E-state index in [1.54, 1.807) is 6.33 Å². The summed E-state index contributed by atoms with van der Waals surface area (Å²) in [5.41, 5.74) is 0.888. The Balaban J connectivity index is 1.57. The summed E-state index contributed by atoms with van der Waals surface area (Å²) in [5, 5.41) is 10.2. The lowest BCUT2D eigenvalue weighted by atomic mass is 9.82. The number of hydrogen-bond donors (Lipinski definition) is 2. The van der Waals surface area contributed by atoms with E-state index in [0.717, 1.165) is 57.6 Å². The van der Waals surface area contributed by atoms with E-state index in [-0.39, 0.29) is 11.7 Å². The van der Waals surface area contributed by atoms with Crippen molar-refractivity contribution in [3.05, 3.63) is 18.2 Å². The van der Waals surface area contributed by atoms with Crippen LogP contribution in [0.15, 0.2) is 12.5 Å². The maximum Gasteiger partial charge on any atom is 0.0964 e. The van der Waals surface area contributed by atoms with Crippen LogP contribution >= 0.6 is 0 Å². The van der Waals surface area contributed by atoms with Gasteiger partial charge in [-0.1, -0.05) is 0 Å². The fraction of sp³-hybridized carbons (Fsp3) is 0.769. The van der Waals surface area contributed by atoms with Crippen LogP contribution in [0, 0.1) is 0 Å². The summed E-state index contributed by atoms with van der Waals surface area (Å²) in [7, 11) is 0. The lowest BCUT2D eigenvalue weighted by Gasteiger charge is -2.46. The van der Waals surface area contributed by atoms with Crippen molar-refractivity contribution >= 4 is 0 Å². The van der Waals surface area contributed by atoms with Gasteiger partial charge in [0.15, 0.2) is 0 Å². The molecule has 2 fully saturated rings. The highest BCUT2D eigenvalue weighted by Gasteiger charge is 2.43. The number of likely N-dealkylation sites (tertiary alicyclic amines) is 1. The molecule has 1 unspecified atom stereocenters. The van der Waals surface area contributed by atoms with Crippen LogP contribution in [0.4, 0.5) is 0 Å². The van der Waals surface area contributed by atoms with Crippen molar-refractivity contribution in [2.45, 2.75) is 43.9 Å². The van der Waals surface area contributed by atoms with Crippen LogP contribution in [0.1, 0.15) is 31.4 Å². The summed E-state index contributed by atoms with van der Waals surface area (Å²) in [6.45, 7) is 3.68. The van der Waals surface area contributed by atoms with Crippen LogP contribution in [-0.4, -0.2) is 51.4 Å². The molecular formula is C13H21N3O2. The van der Waals surface area contributed by atoms with Gasteiger partial charge in [0, 0.05) is 38.1 Å². The van der Waals surface area contributed by atoms with Crippen LogP contribution in [0.3, 0.4) is 0 Å². The number of aromatic amines is 1. The Morgan fingerprint density at radius 2 is 2.33 bits per heavy atom.